The Hall–Kier alpha value is -2.28. The molecule has 6 nitrogen and oxygen atoms in total. The van der Waals surface area contributed by atoms with Gasteiger partial charge in [0.2, 0.25) is 11.5 Å². The van der Waals surface area contributed by atoms with Crippen LogP contribution in [-0.4, -0.2) is 47.2 Å². The van der Waals surface area contributed by atoms with Gasteiger partial charge in [-0.25, -0.2) is 4.39 Å². The first-order chi connectivity index (χ1) is 13.0. The second kappa shape index (κ2) is 7.03. The highest BCUT2D eigenvalue weighted by Gasteiger charge is 2.51. The van der Waals surface area contributed by atoms with Gasteiger partial charge in [0.25, 0.3) is 5.91 Å². The Morgan fingerprint density at radius 2 is 2.15 bits per heavy atom. The van der Waals surface area contributed by atoms with Crippen LogP contribution in [0.1, 0.15) is 44.6 Å². The van der Waals surface area contributed by atoms with E-state index in [0.29, 0.717) is 17.8 Å². The summed E-state index contributed by atoms with van der Waals surface area (Å²) in [4.78, 5) is 33.3. The van der Waals surface area contributed by atoms with Gasteiger partial charge < -0.3 is 10.2 Å². The summed E-state index contributed by atoms with van der Waals surface area (Å²) >= 11 is 0. The quantitative estimate of drug-likeness (QED) is 0.822. The van der Waals surface area contributed by atoms with E-state index >= 15 is 0 Å². The van der Waals surface area contributed by atoms with Crippen LogP contribution in [0.4, 0.5) is 4.39 Å². The predicted octanol–water partition coefficient (Wildman–Crippen LogP) is 2.23. The third kappa shape index (κ3) is 3.60. The minimum absolute atomic E-state index is 0.0365. The number of oxime groups is 1. The van der Waals surface area contributed by atoms with E-state index in [4.69, 9.17) is 4.84 Å². The molecule has 2 amide bonds. The minimum Gasteiger partial charge on any atom is -0.379 e. The Morgan fingerprint density at radius 1 is 1.33 bits per heavy atom. The number of piperidine rings is 1. The Morgan fingerprint density at radius 3 is 2.81 bits per heavy atom. The summed E-state index contributed by atoms with van der Waals surface area (Å²) in [6.45, 7) is 3.18. The number of rotatable bonds is 4. The molecule has 1 aliphatic carbocycles. The van der Waals surface area contributed by atoms with Crippen molar-refractivity contribution in [2.45, 2.75) is 50.7 Å². The number of hydrogen-bond donors (Lipinski definition) is 1. The van der Waals surface area contributed by atoms with Crippen LogP contribution in [0.3, 0.4) is 0 Å². The van der Waals surface area contributed by atoms with E-state index in [2.05, 4.69) is 10.5 Å². The van der Waals surface area contributed by atoms with E-state index in [9.17, 15) is 14.0 Å². The molecular weight excluding hydrogens is 349 g/mol. The fourth-order valence-corrected chi connectivity index (χ4v) is 3.77. The van der Waals surface area contributed by atoms with Crippen molar-refractivity contribution >= 4 is 17.5 Å². The molecule has 4 rings (SSSR count). The van der Waals surface area contributed by atoms with Crippen molar-refractivity contribution in [3.8, 4) is 0 Å². The number of carbonyl (C=O) groups excluding carboxylic acids is 2. The molecule has 2 aliphatic heterocycles. The monoisotopic (exact) mass is 373 g/mol. The molecule has 1 aromatic rings. The molecule has 0 radical (unpaired) electrons. The van der Waals surface area contributed by atoms with Gasteiger partial charge in [-0.1, -0.05) is 17.3 Å². The van der Waals surface area contributed by atoms with Crippen LogP contribution in [0.2, 0.25) is 0 Å². The Balaban J connectivity index is 1.51. The summed E-state index contributed by atoms with van der Waals surface area (Å²) in [6, 6.07) is 6.02. The number of halogens is 1. The maximum Gasteiger partial charge on any atom is 0.276 e. The molecule has 2 unspecified atom stereocenters. The predicted molar refractivity (Wildman–Crippen MR) is 97.5 cm³/mol. The van der Waals surface area contributed by atoms with E-state index in [-0.39, 0.29) is 36.0 Å². The van der Waals surface area contributed by atoms with Crippen molar-refractivity contribution in [2.75, 3.05) is 13.1 Å². The summed E-state index contributed by atoms with van der Waals surface area (Å²) in [5, 5.41) is 7.27. The van der Waals surface area contributed by atoms with Gasteiger partial charge in [-0.05, 0) is 51.3 Å². The maximum atomic E-state index is 13.5. The minimum atomic E-state index is -1.23. The van der Waals surface area contributed by atoms with Crippen molar-refractivity contribution < 1.29 is 18.8 Å². The smallest absolute Gasteiger partial charge is 0.276 e. The molecule has 144 valence electrons. The average molecular weight is 373 g/mol. The van der Waals surface area contributed by atoms with E-state index in [1.807, 2.05) is 0 Å². The Labute approximate surface area is 157 Å². The lowest BCUT2D eigenvalue weighted by Gasteiger charge is -2.32. The molecule has 0 spiro atoms. The SMILES string of the molecule is CC1(C(=O)N(C(=O)C2CCCNC2)C2CC2)CC(c2cccc(F)c2)=NO1. The Kier molecular flexibility index (Phi) is 4.72. The first-order valence-electron chi connectivity index (χ1n) is 9.57. The zero-order valence-electron chi connectivity index (χ0n) is 15.4. The normalized spacial score (nSPS) is 27.6. The molecular formula is C20H24FN3O3. The summed E-state index contributed by atoms with van der Waals surface area (Å²) in [5.41, 5.74) is -0.123. The molecule has 2 atom stereocenters. The van der Waals surface area contributed by atoms with Crippen molar-refractivity contribution in [3.05, 3.63) is 35.6 Å². The molecule has 2 heterocycles. The number of carbonyl (C=O) groups is 2. The number of benzene rings is 1. The second-order valence-corrected chi connectivity index (χ2v) is 7.84. The lowest BCUT2D eigenvalue weighted by molar-refractivity contribution is -0.162. The van der Waals surface area contributed by atoms with Gasteiger partial charge in [-0.2, -0.15) is 0 Å². The van der Waals surface area contributed by atoms with Gasteiger partial charge in [0, 0.05) is 24.6 Å². The van der Waals surface area contributed by atoms with E-state index in [1.165, 1.54) is 17.0 Å². The van der Waals surface area contributed by atoms with Crippen LogP contribution < -0.4 is 5.32 Å². The molecule has 0 aromatic heterocycles. The van der Waals surface area contributed by atoms with Gasteiger partial charge in [-0.15, -0.1) is 0 Å². The molecule has 27 heavy (non-hydrogen) atoms. The molecule has 0 bridgehead atoms. The number of nitrogens with zero attached hydrogens (tertiary/aromatic N) is 2. The highest BCUT2D eigenvalue weighted by molar-refractivity contribution is 6.08. The van der Waals surface area contributed by atoms with Crippen LogP contribution in [0.25, 0.3) is 0 Å². The Bertz CT molecular complexity index is 786. The van der Waals surface area contributed by atoms with Crippen molar-refractivity contribution in [3.63, 3.8) is 0 Å². The van der Waals surface area contributed by atoms with Gasteiger partial charge >= 0.3 is 0 Å². The van der Waals surface area contributed by atoms with Gasteiger partial charge in [0.1, 0.15) is 5.82 Å². The topological polar surface area (TPSA) is 71.0 Å². The maximum absolute atomic E-state index is 13.5. The molecule has 3 aliphatic rings. The van der Waals surface area contributed by atoms with Gasteiger partial charge in [0.15, 0.2) is 0 Å². The van der Waals surface area contributed by atoms with Gasteiger partial charge in [-0.3, -0.25) is 14.5 Å². The highest BCUT2D eigenvalue weighted by atomic mass is 19.1. The second-order valence-electron chi connectivity index (χ2n) is 7.84. The van der Waals surface area contributed by atoms with Crippen LogP contribution in [0.5, 0.6) is 0 Å². The number of hydrogen-bond acceptors (Lipinski definition) is 5. The summed E-state index contributed by atoms with van der Waals surface area (Å²) < 4.78 is 13.5. The summed E-state index contributed by atoms with van der Waals surface area (Å²) in [7, 11) is 0. The van der Waals surface area contributed by atoms with Crippen LogP contribution in [-0.2, 0) is 14.4 Å². The first-order valence-corrected chi connectivity index (χ1v) is 9.57. The average Bonchev–Trinajstić information content (AvgIpc) is 3.43. The van der Waals surface area contributed by atoms with Crippen LogP contribution in [0, 0.1) is 11.7 Å². The molecule has 2 fully saturated rings. The van der Waals surface area contributed by atoms with Crippen molar-refractivity contribution in [2.24, 2.45) is 11.1 Å². The number of amides is 2. The molecule has 1 saturated heterocycles. The van der Waals surface area contributed by atoms with Crippen molar-refractivity contribution in [1.29, 1.82) is 0 Å². The highest BCUT2D eigenvalue weighted by Crippen LogP contribution is 2.35. The standard InChI is InChI=1S/C20H24FN3O3/c1-20(11-17(23-27-20)13-4-2-6-15(21)10-13)19(26)24(16-7-8-16)18(25)14-5-3-9-22-12-14/h2,4,6,10,14,16,22H,3,5,7-9,11-12H2,1H3. The van der Waals surface area contributed by atoms with E-state index in [0.717, 1.165) is 32.2 Å². The number of imide groups is 1. The third-order valence-corrected chi connectivity index (χ3v) is 5.49. The molecule has 1 saturated carbocycles. The fraction of sp³-hybridized carbons (Fsp3) is 0.550. The van der Waals surface area contributed by atoms with E-state index < -0.39 is 5.60 Å². The lowest BCUT2D eigenvalue weighted by atomic mass is 9.92. The number of nitrogens with one attached hydrogen (secondary N) is 1. The van der Waals surface area contributed by atoms with Crippen LogP contribution in [0.15, 0.2) is 29.4 Å². The largest absolute Gasteiger partial charge is 0.379 e. The van der Waals surface area contributed by atoms with Crippen LogP contribution >= 0.6 is 0 Å². The van der Waals surface area contributed by atoms with E-state index in [1.54, 1.807) is 19.1 Å². The van der Waals surface area contributed by atoms with Gasteiger partial charge in [0.05, 0.1) is 11.6 Å². The summed E-state index contributed by atoms with van der Waals surface area (Å²) in [5.74, 6) is -0.985. The van der Waals surface area contributed by atoms with Crippen molar-refractivity contribution in [1.82, 2.24) is 10.2 Å². The third-order valence-electron chi connectivity index (χ3n) is 5.49. The summed E-state index contributed by atoms with van der Waals surface area (Å²) in [6.07, 6.45) is 3.62. The fourth-order valence-electron chi connectivity index (χ4n) is 3.77. The molecule has 7 heteroatoms. The molecule has 1 N–H and O–H groups in total. The molecule has 1 aromatic carbocycles. The zero-order valence-corrected chi connectivity index (χ0v) is 15.4. The lowest BCUT2D eigenvalue weighted by Crippen LogP contribution is -2.54. The first kappa shape index (κ1) is 18.1. The zero-order chi connectivity index (χ0) is 19.0.